The first-order valence-corrected chi connectivity index (χ1v) is 5.98. The van der Waals surface area contributed by atoms with Crippen molar-refractivity contribution in [2.24, 2.45) is 11.1 Å². The number of rotatable bonds is 8. The molecule has 0 atom stereocenters. The molecule has 15 heavy (non-hydrogen) atoms. The summed E-state index contributed by atoms with van der Waals surface area (Å²) in [6, 6.07) is 0. The average Bonchev–Trinajstić information content (AvgIpc) is 2.15. The van der Waals surface area contributed by atoms with Gasteiger partial charge in [-0.05, 0) is 31.2 Å². The van der Waals surface area contributed by atoms with Crippen LogP contribution in [0.4, 0.5) is 0 Å². The van der Waals surface area contributed by atoms with Gasteiger partial charge in [-0.25, -0.2) is 0 Å². The molecule has 0 rings (SSSR count). The smallest absolute Gasteiger partial charge is 0.220 e. The maximum Gasteiger partial charge on any atom is 0.220 e. The van der Waals surface area contributed by atoms with E-state index in [0.29, 0.717) is 13.0 Å². The highest BCUT2D eigenvalue weighted by Gasteiger charge is 2.17. The molecule has 0 aliphatic carbocycles. The Kier molecular flexibility index (Phi) is 7.39. The average molecular weight is 214 g/mol. The second-order valence-electron chi connectivity index (χ2n) is 4.91. The molecule has 0 unspecified atom stereocenters. The van der Waals surface area contributed by atoms with Crippen LogP contribution >= 0.6 is 0 Å². The van der Waals surface area contributed by atoms with Crippen LogP contribution in [0.2, 0.25) is 0 Å². The van der Waals surface area contributed by atoms with Crippen LogP contribution in [0.5, 0.6) is 0 Å². The molecule has 0 saturated carbocycles. The number of carbonyl (C=O) groups is 1. The lowest BCUT2D eigenvalue weighted by atomic mass is 9.84. The molecule has 1 amide bonds. The molecule has 0 aromatic carbocycles. The van der Waals surface area contributed by atoms with Crippen molar-refractivity contribution in [1.29, 1.82) is 0 Å². The molecule has 3 nitrogen and oxygen atoms in total. The summed E-state index contributed by atoms with van der Waals surface area (Å²) >= 11 is 0. The maximum absolute atomic E-state index is 11.4. The number of nitrogens with two attached hydrogens (primary N) is 1. The van der Waals surface area contributed by atoms with Crippen LogP contribution in [0, 0.1) is 5.41 Å². The van der Waals surface area contributed by atoms with Gasteiger partial charge in [-0.2, -0.15) is 0 Å². The van der Waals surface area contributed by atoms with E-state index in [1.54, 1.807) is 0 Å². The van der Waals surface area contributed by atoms with E-state index in [9.17, 15) is 4.79 Å². The van der Waals surface area contributed by atoms with E-state index in [1.165, 1.54) is 0 Å². The topological polar surface area (TPSA) is 55.1 Å². The van der Waals surface area contributed by atoms with Crippen LogP contribution in [-0.2, 0) is 4.79 Å². The van der Waals surface area contributed by atoms with Gasteiger partial charge in [0.05, 0.1) is 0 Å². The van der Waals surface area contributed by atoms with Gasteiger partial charge in [-0.15, -0.1) is 0 Å². The molecule has 3 N–H and O–H groups in total. The van der Waals surface area contributed by atoms with Gasteiger partial charge in [0.15, 0.2) is 0 Å². The van der Waals surface area contributed by atoms with Gasteiger partial charge in [-0.3, -0.25) is 4.79 Å². The van der Waals surface area contributed by atoms with Crippen molar-refractivity contribution in [3.63, 3.8) is 0 Å². The Hall–Kier alpha value is -0.570. The van der Waals surface area contributed by atoms with E-state index in [-0.39, 0.29) is 11.3 Å². The fraction of sp³-hybridized carbons (Fsp3) is 0.917. The highest BCUT2D eigenvalue weighted by Crippen LogP contribution is 2.25. The molecule has 0 spiro atoms. The Bertz CT molecular complexity index is 178. The number of hydrogen-bond donors (Lipinski definition) is 2. The highest BCUT2D eigenvalue weighted by atomic mass is 16.1. The first-order chi connectivity index (χ1) is 7.02. The molecule has 90 valence electrons. The number of carbonyl (C=O) groups excluding carboxylic acids is 1. The molecule has 0 aliphatic heterocycles. The fourth-order valence-corrected chi connectivity index (χ4v) is 1.46. The van der Waals surface area contributed by atoms with Crippen molar-refractivity contribution in [2.45, 2.75) is 52.9 Å². The Morgan fingerprint density at radius 3 is 2.53 bits per heavy atom. The van der Waals surface area contributed by atoms with E-state index < -0.39 is 0 Å². The zero-order valence-electron chi connectivity index (χ0n) is 10.4. The first kappa shape index (κ1) is 14.4. The quantitative estimate of drug-likeness (QED) is 0.608. The molecular weight excluding hydrogens is 188 g/mol. The summed E-state index contributed by atoms with van der Waals surface area (Å²) in [6.07, 6.45) is 4.71. The van der Waals surface area contributed by atoms with Crippen LogP contribution in [0.15, 0.2) is 0 Å². The molecule has 0 heterocycles. The van der Waals surface area contributed by atoms with Crippen LogP contribution in [-0.4, -0.2) is 19.0 Å². The molecule has 0 fully saturated rings. The molecule has 0 aliphatic rings. The SMILES string of the molecule is CCCCNC(=O)CCC(C)(C)CCN. The predicted octanol–water partition coefficient (Wildman–Crippen LogP) is 2.06. The van der Waals surface area contributed by atoms with Gasteiger partial charge in [0.25, 0.3) is 0 Å². The lowest BCUT2D eigenvalue weighted by molar-refractivity contribution is -0.121. The molecule has 0 bridgehead atoms. The van der Waals surface area contributed by atoms with Crippen molar-refractivity contribution in [1.82, 2.24) is 5.32 Å². The monoisotopic (exact) mass is 214 g/mol. The first-order valence-electron chi connectivity index (χ1n) is 5.98. The molecule has 0 saturated heterocycles. The minimum atomic E-state index is 0.175. The highest BCUT2D eigenvalue weighted by molar-refractivity contribution is 5.75. The summed E-state index contributed by atoms with van der Waals surface area (Å²) in [7, 11) is 0. The van der Waals surface area contributed by atoms with Crippen molar-refractivity contribution >= 4 is 5.91 Å². The third kappa shape index (κ3) is 8.43. The molecule has 0 aromatic heterocycles. The van der Waals surface area contributed by atoms with Gasteiger partial charge in [0, 0.05) is 13.0 Å². The summed E-state index contributed by atoms with van der Waals surface area (Å²) in [4.78, 5) is 11.4. The van der Waals surface area contributed by atoms with Crippen molar-refractivity contribution in [3.05, 3.63) is 0 Å². The summed E-state index contributed by atoms with van der Waals surface area (Å²) in [5, 5.41) is 2.93. The Morgan fingerprint density at radius 2 is 2.00 bits per heavy atom. The standard InChI is InChI=1S/C12H26N2O/c1-4-5-10-14-11(15)6-7-12(2,3)8-9-13/h4-10,13H2,1-3H3,(H,14,15). The maximum atomic E-state index is 11.4. The lowest BCUT2D eigenvalue weighted by Crippen LogP contribution is -2.26. The van der Waals surface area contributed by atoms with Crippen LogP contribution in [0.1, 0.15) is 52.9 Å². The summed E-state index contributed by atoms with van der Waals surface area (Å²) in [5.74, 6) is 0.175. The van der Waals surface area contributed by atoms with E-state index in [0.717, 1.165) is 32.2 Å². The zero-order chi connectivity index (χ0) is 11.7. The third-order valence-electron chi connectivity index (χ3n) is 2.70. The number of amides is 1. The van der Waals surface area contributed by atoms with E-state index in [1.807, 2.05) is 0 Å². The molecular formula is C12H26N2O. The Labute approximate surface area is 93.8 Å². The fourth-order valence-electron chi connectivity index (χ4n) is 1.46. The lowest BCUT2D eigenvalue weighted by Gasteiger charge is -2.23. The third-order valence-corrected chi connectivity index (χ3v) is 2.70. The van der Waals surface area contributed by atoms with Crippen molar-refractivity contribution < 1.29 is 4.79 Å². The number of unbranched alkanes of at least 4 members (excludes halogenated alkanes) is 1. The van der Waals surface area contributed by atoms with Crippen molar-refractivity contribution in [3.8, 4) is 0 Å². The molecule has 0 aromatic rings. The van der Waals surface area contributed by atoms with Crippen LogP contribution < -0.4 is 11.1 Å². The van der Waals surface area contributed by atoms with Crippen LogP contribution in [0.3, 0.4) is 0 Å². The Morgan fingerprint density at radius 1 is 1.33 bits per heavy atom. The van der Waals surface area contributed by atoms with Gasteiger partial charge in [0.1, 0.15) is 0 Å². The largest absolute Gasteiger partial charge is 0.356 e. The minimum Gasteiger partial charge on any atom is -0.356 e. The zero-order valence-corrected chi connectivity index (χ0v) is 10.4. The van der Waals surface area contributed by atoms with Crippen molar-refractivity contribution in [2.75, 3.05) is 13.1 Å². The number of hydrogen-bond acceptors (Lipinski definition) is 2. The Balaban J connectivity index is 3.60. The van der Waals surface area contributed by atoms with Gasteiger partial charge in [-0.1, -0.05) is 27.2 Å². The van der Waals surface area contributed by atoms with Gasteiger partial charge >= 0.3 is 0 Å². The second-order valence-corrected chi connectivity index (χ2v) is 4.91. The van der Waals surface area contributed by atoms with Gasteiger partial charge < -0.3 is 11.1 Å². The molecule has 3 heteroatoms. The summed E-state index contributed by atoms with van der Waals surface area (Å²) in [5.41, 5.74) is 5.71. The predicted molar refractivity (Wildman–Crippen MR) is 64.6 cm³/mol. The van der Waals surface area contributed by atoms with E-state index in [4.69, 9.17) is 5.73 Å². The number of nitrogens with one attached hydrogen (secondary N) is 1. The minimum absolute atomic E-state index is 0.175. The van der Waals surface area contributed by atoms with E-state index >= 15 is 0 Å². The second kappa shape index (κ2) is 7.69. The summed E-state index contributed by atoms with van der Waals surface area (Å²) < 4.78 is 0. The van der Waals surface area contributed by atoms with E-state index in [2.05, 4.69) is 26.1 Å². The molecule has 0 radical (unpaired) electrons. The summed E-state index contributed by atoms with van der Waals surface area (Å²) in [6.45, 7) is 7.96. The van der Waals surface area contributed by atoms with Gasteiger partial charge in [0.2, 0.25) is 5.91 Å². The normalized spacial score (nSPS) is 11.5. The van der Waals surface area contributed by atoms with Crippen LogP contribution in [0.25, 0.3) is 0 Å².